The molecule has 28 heavy (non-hydrogen) atoms. The van der Waals surface area contributed by atoms with Crippen molar-refractivity contribution in [3.63, 3.8) is 0 Å². The van der Waals surface area contributed by atoms with E-state index < -0.39 is 0 Å². The Kier molecular flexibility index (Phi) is 5.64. The standard InChI is InChI=1S/C21H22BrN3O3/c22-16-6-7-19(24-9-11-28-12-10-24)18(14-16)23-21(27)15-3-1-4-17(13-15)25-8-2-5-20(25)26/h1,3-4,6-7,13-14H,2,5,8-12H2,(H,23,27). The highest BCUT2D eigenvalue weighted by Gasteiger charge is 2.23. The van der Waals surface area contributed by atoms with Crippen LogP contribution in [0.3, 0.4) is 0 Å². The molecule has 6 nitrogen and oxygen atoms in total. The third-order valence-corrected chi connectivity index (χ3v) is 5.55. The molecule has 2 amide bonds. The number of hydrogen-bond donors (Lipinski definition) is 1. The zero-order valence-corrected chi connectivity index (χ0v) is 17.1. The molecule has 0 saturated carbocycles. The highest BCUT2D eigenvalue weighted by molar-refractivity contribution is 9.10. The van der Waals surface area contributed by atoms with E-state index in [9.17, 15) is 9.59 Å². The lowest BCUT2D eigenvalue weighted by molar-refractivity contribution is -0.117. The minimum absolute atomic E-state index is 0.110. The number of halogens is 1. The van der Waals surface area contributed by atoms with Crippen LogP contribution in [0.2, 0.25) is 0 Å². The molecule has 2 fully saturated rings. The first kappa shape index (κ1) is 19.0. The van der Waals surface area contributed by atoms with Gasteiger partial charge in [0, 0.05) is 41.8 Å². The number of amides is 2. The molecule has 7 heteroatoms. The van der Waals surface area contributed by atoms with E-state index in [0.717, 1.165) is 41.0 Å². The number of morpholine rings is 1. The zero-order valence-electron chi connectivity index (χ0n) is 15.5. The predicted octanol–water partition coefficient (Wildman–Crippen LogP) is 3.66. The first-order valence-electron chi connectivity index (χ1n) is 9.46. The Balaban J connectivity index is 1.57. The van der Waals surface area contributed by atoms with Crippen molar-refractivity contribution in [1.82, 2.24) is 0 Å². The number of benzene rings is 2. The summed E-state index contributed by atoms with van der Waals surface area (Å²) in [6, 6.07) is 13.1. The van der Waals surface area contributed by atoms with Gasteiger partial charge in [0.15, 0.2) is 0 Å². The molecule has 0 radical (unpaired) electrons. The second-order valence-corrected chi connectivity index (χ2v) is 7.83. The molecule has 2 heterocycles. The molecular formula is C21H22BrN3O3. The van der Waals surface area contributed by atoms with E-state index >= 15 is 0 Å². The number of nitrogens with zero attached hydrogens (tertiary/aromatic N) is 2. The first-order valence-corrected chi connectivity index (χ1v) is 10.3. The van der Waals surface area contributed by atoms with Gasteiger partial charge in [0.05, 0.1) is 24.6 Å². The van der Waals surface area contributed by atoms with Gasteiger partial charge in [-0.1, -0.05) is 22.0 Å². The number of hydrogen-bond acceptors (Lipinski definition) is 4. The minimum Gasteiger partial charge on any atom is -0.378 e. The van der Waals surface area contributed by atoms with Crippen LogP contribution in [0.5, 0.6) is 0 Å². The van der Waals surface area contributed by atoms with Crippen LogP contribution in [0.25, 0.3) is 0 Å². The van der Waals surface area contributed by atoms with Gasteiger partial charge in [-0.25, -0.2) is 0 Å². The van der Waals surface area contributed by atoms with Crippen molar-refractivity contribution in [3.8, 4) is 0 Å². The molecule has 0 unspecified atom stereocenters. The van der Waals surface area contributed by atoms with E-state index in [2.05, 4.69) is 26.1 Å². The molecule has 0 bridgehead atoms. The van der Waals surface area contributed by atoms with Crippen LogP contribution in [0.1, 0.15) is 23.2 Å². The summed E-state index contributed by atoms with van der Waals surface area (Å²) in [5, 5.41) is 3.04. The maximum atomic E-state index is 12.9. The van der Waals surface area contributed by atoms with Crippen molar-refractivity contribution in [2.24, 2.45) is 0 Å². The maximum absolute atomic E-state index is 12.9. The highest BCUT2D eigenvalue weighted by Crippen LogP contribution is 2.31. The molecule has 146 valence electrons. The molecule has 1 N–H and O–H groups in total. The third kappa shape index (κ3) is 4.05. The molecular weight excluding hydrogens is 422 g/mol. The Labute approximate surface area is 172 Å². The Morgan fingerprint density at radius 3 is 2.64 bits per heavy atom. The molecule has 4 rings (SSSR count). The lowest BCUT2D eigenvalue weighted by Gasteiger charge is -2.30. The first-order chi connectivity index (χ1) is 13.6. The number of rotatable bonds is 4. The van der Waals surface area contributed by atoms with Crippen molar-refractivity contribution < 1.29 is 14.3 Å². The average Bonchev–Trinajstić information content (AvgIpc) is 3.15. The molecule has 0 spiro atoms. The smallest absolute Gasteiger partial charge is 0.255 e. The normalized spacial score (nSPS) is 17.1. The second kappa shape index (κ2) is 8.32. The van der Waals surface area contributed by atoms with Crippen LogP contribution in [-0.2, 0) is 9.53 Å². The Morgan fingerprint density at radius 2 is 1.89 bits per heavy atom. The Morgan fingerprint density at radius 1 is 1.07 bits per heavy atom. The summed E-state index contributed by atoms with van der Waals surface area (Å²) in [5.74, 6) is -0.0831. The fourth-order valence-corrected chi connectivity index (χ4v) is 3.98. The maximum Gasteiger partial charge on any atom is 0.255 e. The van der Waals surface area contributed by atoms with Crippen LogP contribution in [0.4, 0.5) is 17.1 Å². The topological polar surface area (TPSA) is 61.9 Å². The SMILES string of the molecule is O=C(Nc1cc(Br)ccc1N1CCOCC1)c1cccc(N2CCCC2=O)c1. The Hall–Kier alpha value is -2.38. The summed E-state index contributed by atoms with van der Waals surface area (Å²) in [6.07, 6.45) is 1.42. The molecule has 2 saturated heterocycles. The quantitative estimate of drug-likeness (QED) is 0.782. The van der Waals surface area contributed by atoms with E-state index in [1.54, 1.807) is 17.0 Å². The van der Waals surface area contributed by atoms with Gasteiger partial charge in [-0.2, -0.15) is 0 Å². The van der Waals surface area contributed by atoms with Gasteiger partial charge < -0.3 is 19.9 Å². The fourth-order valence-electron chi connectivity index (χ4n) is 3.62. The number of nitrogens with one attached hydrogen (secondary N) is 1. The van der Waals surface area contributed by atoms with Gasteiger partial charge in [-0.15, -0.1) is 0 Å². The molecule has 0 aliphatic carbocycles. The van der Waals surface area contributed by atoms with Crippen LogP contribution < -0.4 is 15.1 Å². The molecule has 0 atom stereocenters. The van der Waals surface area contributed by atoms with E-state index in [-0.39, 0.29) is 11.8 Å². The molecule has 2 aromatic rings. The van der Waals surface area contributed by atoms with E-state index in [1.165, 1.54) is 0 Å². The monoisotopic (exact) mass is 443 g/mol. The lowest BCUT2D eigenvalue weighted by atomic mass is 10.1. The fraction of sp³-hybridized carbons (Fsp3) is 0.333. The predicted molar refractivity (Wildman–Crippen MR) is 113 cm³/mol. The summed E-state index contributed by atoms with van der Waals surface area (Å²) in [5.41, 5.74) is 3.04. The number of carbonyl (C=O) groups is 2. The number of anilines is 3. The van der Waals surface area contributed by atoms with Crippen LogP contribution in [0, 0.1) is 0 Å². The van der Waals surface area contributed by atoms with Crippen LogP contribution in [0.15, 0.2) is 46.9 Å². The summed E-state index contributed by atoms with van der Waals surface area (Å²) >= 11 is 3.49. The van der Waals surface area contributed by atoms with Crippen LogP contribution >= 0.6 is 15.9 Å². The van der Waals surface area contributed by atoms with Gasteiger partial charge >= 0.3 is 0 Å². The van der Waals surface area contributed by atoms with Crippen molar-refractivity contribution in [3.05, 3.63) is 52.5 Å². The largest absolute Gasteiger partial charge is 0.378 e. The van der Waals surface area contributed by atoms with Crippen molar-refractivity contribution in [1.29, 1.82) is 0 Å². The van der Waals surface area contributed by atoms with Gasteiger partial charge in [-0.3, -0.25) is 9.59 Å². The van der Waals surface area contributed by atoms with Gasteiger partial charge in [0.1, 0.15) is 0 Å². The third-order valence-electron chi connectivity index (χ3n) is 5.05. The number of carbonyl (C=O) groups excluding carboxylic acids is 2. The second-order valence-electron chi connectivity index (χ2n) is 6.91. The van der Waals surface area contributed by atoms with Crippen molar-refractivity contribution in [2.45, 2.75) is 12.8 Å². The number of ether oxygens (including phenoxy) is 1. The zero-order chi connectivity index (χ0) is 19.5. The summed E-state index contributed by atoms with van der Waals surface area (Å²) in [7, 11) is 0. The van der Waals surface area contributed by atoms with Crippen molar-refractivity contribution >= 4 is 44.8 Å². The van der Waals surface area contributed by atoms with Gasteiger partial charge in [-0.05, 0) is 42.8 Å². The molecule has 2 aliphatic heterocycles. The summed E-state index contributed by atoms with van der Waals surface area (Å²) < 4.78 is 6.33. The molecule has 0 aromatic heterocycles. The van der Waals surface area contributed by atoms with Gasteiger partial charge in [0.25, 0.3) is 5.91 Å². The van der Waals surface area contributed by atoms with Crippen molar-refractivity contribution in [2.75, 3.05) is 48.0 Å². The summed E-state index contributed by atoms with van der Waals surface area (Å²) in [4.78, 5) is 28.9. The molecule has 2 aliphatic rings. The van der Waals surface area contributed by atoms with E-state index in [0.29, 0.717) is 31.7 Å². The minimum atomic E-state index is -0.193. The van der Waals surface area contributed by atoms with Gasteiger partial charge in [0.2, 0.25) is 5.91 Å². The lowest BCUT2D eigenvalue weighted by Crippen LogP contribution is -2.36. The van der Waals surface area contributed by atoms with E-state index in [4.69, 9.17) is 4.74 Å². The van der Waals surface area contributed by atoms with Crippen LogP contribution in [-0.4, -0.2) is 44.7 Å². The highest BCUT2D eigenvalue weighted by atomic mass is 79.9. The Bertz CT molecular complexity index is 896. The molecule has 2 aromatic carbocycles. The average molecular weight is 444 g/mol. The van der Waals surface area contributed by atoms with E-state index in [1.807, 2.05) is 30.3 Å². The summed E-state index contributed by atoms with van der Waals surface area (Å²) in [6.45, 7) is 3.63.